The summed E-state index contributed by atoms with van der Waals surface area (Å²) in [7, 11) is 1.44. The number of carbonyl (C=O) groups is 1. The summed E-state index contributed by atoms with van der Waals surface area (Å²) in [5.41, 5.74) is 1.13. The number of likely N-dealkylation sites (tertiary alicyclic amines) is 1. The van der Waals surface area contributed by atoms with Gasteiger partial charge in [0.05, 0.1) is 13.5 Å². The number of halogens is 1. The second-order valence-corrected chi connectivity index (χ2v) is 5.03. The van der Waals surface area contributed by atoms with Crippen molar-refractivity contribution in [1.82, 2.24) is 4.90 Å². The molecule has 1 aromatic carbocycles. The summed E-state index contributed by atoms with van der Waals surface area (Å²) in [6.07, 6.45) is 2.80. The van der Waals surface area contributed by atoms with Crippen molar-refractivity contribution in [3.8, 4) is 0 Å². The third-order valence-electron chi connectivity index (χ3n) is 3.42. The summed E-state index contributed by atoms with van der Waals surface area (Å²) in [4.78, 5) is 13.9. The average Bonchev–Trinajstić information content (AvgIpc) is 2.90. The molecule has 0 amide bonds. The standard InChI is InChI=1S/C14H18ClNO2/c1-18-14(17)10-13(16-8-2-3-9-16)11-4-6-12(15)7-5-11/h4-7,13H,2-3,8-10H2,1H3. The number of hydrogen-bond donors (Lipinski definition) is 0. The summed E-state index contributed by atoms with van der Waals surface area (Å²) in [5, 5.41) is 0.719. The van der Waals surface area contributed by atoms with Gasteiger partial charge in [-0.25, -0.2) is 0 Å². The lowest BCUT2D eigenvalue weighted by molar-refractivity contribution is -0.142. The van der Waals surface area contributed by atoms with Crippen molar-refractivity contribution in [1.29, 1.82) is 0 Å². The van der Waals surface area contributed by atoms with Crippen LogP contribution in [0.15, 0.2) is 24.3 Å². The fourth-order valence-electron chi connectivity index (χ4n) is 2.44. The number of benzene rings is 1. The first-order chi connectivity index (χ1) is 8.70. The molecule has 2 rings (SSSR count). The molecule has 0 spiro atoms. The molecule has 1 saturated heterocycles. The van der Waals surface area contributed by atoms with E-state index < -0.39 is 0 Å². The van der Waals surface area contributed by atoms with Gasteiger partial charge in [0.2, 0.25) is 0 Å². The number of nitrogens with zero attached hydrogens (tertiary/aromatic N) is 1. The Labute approximate surface area is 113 Å². The summed E-state index contributed by atoms with van der Waals surface area (Å²) in [6.45, 7) is 2.09. The van der Waals surface area contributed by atoms with E-state index in [1.54, 1.807) is 0 Å². The first-order valence-electron chi connectivity index (χ1n) is 6.27. The molecule has 98 valence electrons. The van der Waals surface area contributed by atoms with E-state index in [0.29, 0.717) is 6.42 Å². The highest BCUT2D eigenvalue weighted by atomic mass is 35.5. The Morgan fingerprint density at radius 3 is 2.50 bits per heavy atom. The predicted octanol–water partition coefficient (Wildman–Crippen LogP) is 3.04. The minimum atomic E-state index is -0.165. The van der Waals surface area contributed by atoms with E-state index in [4.69, 9.17) is 16.3 Å². The molecular formula is C14H18ClNO2. The van der Waals surface area contributed by atoms with Gasteiger partial charge in [-0.3, -0.25) is 9.69 Å². The third-order valence-corrected chi connectivity index (χ3v) is 3.68. The normalized spacial score (nSPS) is 17.7. The molecule has 1 aromatic rings. The SMILES string of the molecule is COC(=O)CC(c1ccc(Cl)cc1)N1CCCC1. The zero-order chi connectivity index (χ0) is 13.0. The van der Waals surface area contributed by atoms with Gasteiger partial charge in [0.1, 0.15) is 0 Å². The fourth-order valence-corrected chi connectivity index (χ4v) is 2.56. The molecule has 1 atom stereocenters. The van der Waals surface area contributed by atoms with Gasteiger partial charge in [-0.1, -0.05) is 23.7 Å². The van der Waals surface area contributed by atoms with E-state index in [9.17, 15) is 4.79 Å². The van der Waals surface area contributed by atoms with Gasteiger partial charge in [-0.05, 0) is 43.6 Å². The van der Waals surface area contributed by atoms with Crippen LogP contribution in [-0.2, 0) is 9.53 Å². The van der Waals surface area contributed by atoms with Crippen LogP contribution in [0, 0.1) is 0 Å². The van der Waals surface area contributed by atoms with Gasteiger partial charge >= 0.3 is 5.97 Å². The molecule has 0 radical (unpaired) electrons. The molecule has 0 N–H and O–H groups in total. The van der Waals surface area contributed by atoms with Crippen LogP contribution in [-0.4, -0.2) is 31.1 Å². The van der Waals surface area contributed by atoms with Crippen LogP contribution in [0.3, 0.4) is 0 Å². The van der Waals surface area contributed by atoms with Gasteiger partial charge in [0.25, 0.3) is 0 Å². The summed E-state index contributed by atoms with van der Waals surface area (Å²) in [6, 6.07) is 7.84. The van der Waals surface area contributed by atoms with Crippen molar-refractivity contribution in [2.24, 2.45) is 0 Å². The third kappa shape index (κ3) is 3.24. The highest BCUT2D eigenvalue weighted by Gasteiger charge is 2.25. The van der Waals surface area contributed by atoms with Gasteiger partial charge in [0.15, 0.2) is 0 Å². The second kappa shape index (κ2) is 6.21. The number of methoxy groups -OCH3 is 1. The Morgan fingerprint density at radius 1 is 1.33 bits per heavy atom. The lowest BCUT2D eigenvalue weighted by Gasteiger charge is -2.27. The molecule has 1 unspecified atom stereocenters. The summed E-state index contributed by atoms with van der Waals surface area (Å²) >= 11 is 5.90. The van der Waals surface area contributed by atoms with Gasteiger partial charge in [0, 0.05) is 11.1 Å². The molecule has 0 bridgehead atoms. The molecule has 1 fully saturated rings. The van der Waals surface area contributed by atoms with Crippen molar-refractivity contribution in [2.75, 3.05) is 20.2 Å². The number of esters is 1. The van der Waals surface area contributed by atoms with Gasteiger partial charge in [-0.2, -0.15) is 0 Å². The molecule has 3 nitrogen and oxygen atoms in total. The van der Waals surface area contributed by atoms with Crippen LogP contribution < -0.4 is 0 Å². The maximum atomic E-state index is 11.5. The molecule has 4 heteroatoms. The monoisotopic (exact) mass is 267 g/mol. The smallest absolute Gasteiger partial charge is 0.307 e. The minimum absolute atomic E-state index is 0.109. The first-order valence-corrected chi connectivity index (χ1v) is 6.65. The van der Waals surface area contributed by atoms with E-state index in [1.165, 1.54) is 20.0 Å². The van der Waals surface area contributed by atoms with Crippen molar-refractivity contribution in [2.45, 2.75) is 25.3 Å². The van der Waals surface area contributed by atoms with E-state index in [2.05, 4.69) is 4.90 Å². The fraction of sp³-hybridized carbons (Fsp3) is 0.500. The Kier molecular flexibility index (Phi) is 4.61. The summed E-state index contributed by atoms with van der Waals surface area (Å²) < 4.78 is 4.79. The molecule has 1 aliphatic rings. The molecular weight excluding hydrogens is 250 g/mol. The number of ether oxygens (including phenoxy) is 1. The predicted molar refractivity (Wildman–Crippen MR) is 71.6 cm³/mol. The number of rotatable bonds is 4. The minimum Gasteiger partial charge on any atom is -0.469 e. The number of hydrogen-bond acceptors (Lipinski definition) is 3. The molecule has 0 saturated carbocycles. The Balaban J connectivity index is 2.17. The maximum absolute atomic E-state index is 11.5. The highest BCUT2D eigenvalue weighted by Crippen LogP contribution is 2.29. The Hall–Kier alpha value is -1.06. The van der Waals surface area contributed by atoms with E-state index in [-0.39, 0.29) is 12.0 Å². The lowest BCUT2D eigenvalue weighted by atomic mass is 10.0. The molecule has 18 heavy (non-hydrogen) atoms. The zero-order valence-corrected chi connectivity index (χ0v) is 11.3. The topological polar surface area (TPSA) is 29.5 Å². The van der Waals surface area contributed by atoms with E-state index in [0.717, 1.165) is 23.7 Å². The Morgan fingerprint density at radius 2 is 1.94 bits per heavy atom. The van der Waals surface area contributed by atoms with Crippen molar-refractivity contribution >= 4 is 17.6 Å². The molecule has 1 aliphatic heterocycles. The first kappa shape index (κ1) is 13.4. The quantitative estimate of drug-likeness (QED) is 0.786. The second-order valence-electron chi connectivity index (χ2n) is 4.59. The maximum Gasteiger partial charge on any atom is 0.307 e. The van der Waals surface area contributed by atoms with Crippen LogP contribution in [0.4, 0.5) is 0 Å². The van der Waals surface area contributed by atoms with Crippen LogP contribution >= 0.6 is 11.6 Å². The number of carbonyl (C=O) groups excluding carboxylic acids is 1. The van der Waals surface area contributed by atoms with Gasteiger partial charge < -0.3 is 4.74 Å². The Bertz CT molecular complexity index is 399. The lowest BCUT2D eigenvalue weighted by Crippen LogP contribution is -2.28. The van der Waals surface area contributed by atoms with Crippen molar-refractivity contribution in [3.63, 3.8) is 0 Å². The zero-order valence-electron chi connectivity index (χ0n) is 10.6. The van der Waals surface area contributed by atoms with Gasteiger partial charge in [-0.15, -0.1) is 0 Å². The summed E-state index contributed by atoms with van der Waals surface area (Å²) in [5.74, 6) is -0.165. The molecule has 0 aliphatic carbocycles. The van der Waals surface area contributed by atoms with Crippen LogP contribution in [0.2, 0.25) is 5.02 Å². The van der Waals surface area contributed by atoms with Crippen LogP contribution in [0.1, 0.15) is 30.9 Å². The van der Waals surface area contributed by atoms with Crippen LogP contribution in [0.25, 0.3) is 0 Å². The van der Waals surface area contributed by atoms with E-state index >= 15 is 0 Å². The molecule has 1 heterocycles. The van der Waals surface area contributed by atoms with Crippen molar-refractivity contribution in [3.05, 3.63) is 34.9 Å². The van der Waals surface area contributed by atoms with Crippen LogP contribution in [0.5, 0.6) is 0 Å². The largest absolute Gasteiger partial charge is 0.469 e. The van der Waals surface area contributed by atoms with Crippen molar-refractivity contribution < 1.29 is 9.53 Å². The van der Waals surface area contributed by atoms with E-state index in [1.807, 2.05) is 24.3 Å². The highest BCUT2D eigenvalue weighted by molar-refractivity contribution is 6.30. The average molecular weight is 268 g/mol. The molecule has 0 aromatic heterocycles.